The summed E-state index contributed by atoms with van der Waals surface area (Å²) in [5, 5.41) is 3.86. The third kappa shape index (κ3) is 5.94. The van der Waals surface area contributed by atoms with E-state index in [-0.39, 0.29) is 11.6 Å². The maximum absolute atomic E-state index is 13.6. The minimum Gasteiger partial charge on any atom is -0.469 e. The van der Waals surface area contributed by atoms with E-state index >= 15 is 0 Å². The number of nitrogens with zero attached hydrogens (tertiary/aromatic N) is 3. The molecule has 10 heteroatoms. The Morgan fingerprint density at radius 1 is 1.14 bits per heavy atom. The van der Waals surface area contributed by atoms with Crippen LogP contribution in [0.1, 0.15) is 24.8 Å². The van der Waals surface area contributed by atoms with Crippen molar-refractivity contribution in [1.29, 1.82) is 0 Å². The van der Waals surface area contributed by atoms with Gasteiger partial charge in [-0.1, -0.05) is 41.9 Å². The molecule has 1 atom stereocenters. The van der Waals surface area contributed by atoms with Crippen LogP contribution in [-0.4, -0.2) is 33.7 Å². The number of carbonyl (C=O) groups is 1. The smallest absolute Gasteiger partial charge is 0.413 e. The molecule has 37 heavy (non-hydrogen) atoms. The monoisotopic (exact) mass is 584 g/mol. The first kappa shape index (κ1) is 25.2. The van der Waals surface area contributed by atoms with Gasteiger partial charge in [0.1, 0.15) is 30.3 Å². The standard InChI is InChI=1S/C27H23BrClFN4O3/c28-20-14-23-19(26(32-16-31-23)33-18-9-10-22(30)21(29)12-18)13-24(20)37-25-8-4-5-11-34(25)27(35)36-15-17-6-2-1-3-7-17/h1-3,6-7,9-10,12-14,16,25H,4-5,8,11,15H2,(H,31,32,33). The number of amides is 1. The van der Waals surface area contributed by atoms with Crippen LogP contribution in [0.25, 0.3) is 10.9 Å². The summed E-state index contributed by atoms with van der Waals surface area (Å²) in [5.41, 5.74) is 2.18. The minimum absolute atomic E-state index is 0.00617. The van der Waals surface area contributed by atoms with Crippen LogP contribution in [0.2, 0.25) is 5.02 Å². The number of piperidine rings is 1. The number of likely N-dealkylation sites (tertiary alicyclic amines) is 1. The molecule has 2 heterocycles. The summed E-state index contributed by atoms with van der Waals surface area (Å²) in [6.07, 6.45) is 3.03. The van der Waals surface area contributed by atoms with Gasteiger partial charge >= 0.3 is 6.09 Å². The summed E-state index contributed by atoms with van der Waals surface area (Å²) >= 11 is 9.50. The number of fused-ring (bicyclic) bond motifs is 1. The molecule has 0 saturated carbocycles. The van der Waals surface area contributed by atoms with Gasteiger partial charge in [0, 0.05) is 24.0 Å². The zero-order chi connectivity index (χ0) is 25.8. The van der Waals surface area contributed by atoms with Gasteiger partial charge < -0.3 is 14.8 Å². The van der Waals surface area contributed by atoms with E-state index in [4.69, 9.17) is 21.1 Å². The molecule has 1 saturated heterocycles. The Balaban J connectivity index is 1.37. The van der Waals surface area contributed by atoms with Gasteiger partial charge in [0.05, 0.1) is 15.0 Å². The molecule has 190 valence electrons. The van der Waals surface area contributed by atoms with Gasteiger partial charge in [-0.25, -0.2) is 19.2 Å². The van der Waals surface area contributed by atoms with Crippen molar-refractivity contribution in [3.8, 4) is 5.75 Å². The van der Waals surface area contributed by atoms with Crippen molar-refractivity contribution in [2.45, 2.75) is 32.1 Å². The Labute approximate surface area is 226 Å². The predicted molar refractivity (Wildman–Crippen MR) is 144 cm³/mol. The van der Waals surface area contributed by atoms with Crippen LogP contribution >= 0.6 is 27.5 Å². The molecule has 1 aliphatic rings. The molecule has 1 fully saturated rings. The van der Waals surface area contributed by atoms with Gasteiger partial charge in [-0.2, -0.15) is 0 Å². The van der Waals surface area contributed by atoms with Crippen molar-refractivity contribution in [2.75, 3.05) is 11.9 Å². The highest BCUT2D eigenvalue weighted by Gasteiger charge is 2.30. The molecular weight excluding hydrogens is 563 g/mol. The van der Waals surface area contributed by atoms with Crippen LogP contribution < -0.4 is 10.1 Å². The SMILES string of the molecule is O=C(OCc1ccccc1)N1CCCCC1Oc1cc2c(Nc3ccc(F)c(Cl)c3)ncnc2cc1Br. The zero-order valence-corrected chi connectivity index (χ0v) is 22.0. The lowest BCUT2D eigenvalue weighted by molar-refractivity contribution is -0.00872. The van der Waals surface area contributed by atoms with E-state index in [1.165, 1.54) is 18.5 Å². The molecule has 1 unspecified atom stereocenters. The van der Waals surface area contributed by atoms with Crippen molar-refractivity contribution < 1.29 is 18.7 Å². The molecule has 0 radical (unpaired) electrons. The second-order valence-corrected chi connectivity index (χ2v) is 9.84. The molecule has 1 N–H and O–H groups in total. The Morgan fingerprint density at radius 2 is 1.97 bits per heavy atom. The van der Waals surface area contributed by atoms with Crippen molar-refractivity contribution >= 4 is 56.0 Å². The quantitative estimate of drug-likeness (QED) is 0.253. The molecule has 1 aliphatic heterocycles. The van der Waals surface area contributed by atoms with Gasteiger partial charge in [-0.05, 0) is 64.7 Å². The number of nitrogens with one attached hydrogen (secondary N) is 1. The van der Waals surface area contributed by atoms with Crippen LogP contribution in [0.5, 0.6) is 5.75 Å². The second-order valence-electron chi connectivity index (χ2n) is 8.58. The van der Waals surface area contributed by atoms with Gasteiger partial charge in [-0.15, -0.1) is 0 Å². The average molecular weight is 586 g/mol. The van der Waals surface area contributed by atoms with Crippen molar-refractivity contribution in [2.24, 2.45) is 0 Å². The lowest BCUT2D eigenvalue weighted by Crippen LogP contribution is -2.47. The van der Waals surface area contributed by atoms with Crippen LogP contribution in [-0.2, 0) is 11.3 Å². The highest BCUT2D eigenvalue weighted by atomic mass is 79.9. The van der Waals surface area contributed by atoms with E-state index in [0.717, 1.165) is 18.4 Å². The Morgan fingerprint density at radius 3 is 2.78 bits per heavy atom. The number of hydrogen-bond donors (Lipinski definition) is 1. The minimum atomic E-state index is -0.501. The Bertz CT molecular complexity index is 1430. The maximum atomic E-state index is 13.6. The molecule has 1 aromatic heterocycles. The Hall–Kier alpha value is -3.43. The highest BCUT2D eigenvalue weighted by molar-refractivity contribution is 9.10. The normalized spacial score (nSPS) is 15.4. The average Bonchev–Trinajstić information content (AvgIpc) is 2.91. The van der Waals surface area contributed by atoms with E-state index in [0.29, 0.717) is 45.6 Å². The maximum Gasteiger partial charge on any atom is 0.413 e. The number of rotatable bonds is 6. The highest BCUT2D eigenvalue weighted by Crippen LogP contribution is 2.35. The summed E-state index contributed by atoms with van der Waals surface area (Å²) < 4.78 is 26.2. The van der Waals surface area contributed by atoms with Crippen LogP contribution in [0, 0.1) is 5.82 Å². The predicted octanol–water partition coefficient (Wildman–Crippen LogP) is 7.46. The summed E-state index contributed by atoms with van der Waals surface area (Å²) in [4.78, 5) is 23.3. The van der Waals surface area contributed by atoms with E-state index in [9.17, 15) is 9.18 Å². The lowest BCUT2D eigenvalue weighted by atomic mass is 10.1. The number of anilines is 2. The molecular formula is C27H23BrClFN4O3. The molecule has 7 nitrogen and oxygen atoms in total. The van der Waals surface area contributed by atoms with E-state index in [2.05, 4.69) is 31.2 Å². The number of carbonyl (C=O) groups excluding carboxylic acids is 1. The van der Waals surface area contributed by atoms with Crippen molar-refractivity contribution in [3.05, 3.63) is 87.9 Å². The fourth-order valence-corrected chi connectivity index (χ4v) is 4.74. The molecule has 3 aromatic carbocycles. The second kappa shape index (κ2) is 11.3. The fourth-order valence-electron chi connectivity index (χ4n) is 4.14. The molecule has 1 amide bonds. The number of aromatic nitrogens is 2. The van der Waals surface area contributed by atoms with E-state index in [1.54, 1.807) is 11.0 Å². The Kier molecular flexibility index (Phi) is 7.71. The van der Waals surface area contributed by atoms with Crippen LogP contribution in [0.3, 0.4) is 0 Å². The molecule has 5 rings (SSSR count). The first-order valence-corrected chi connectivity index (χ1v) is 13.0. The number of ether oxygens (including phenoxy) is 2. The topological polar surface area (TPSA) is 76.6 Å². The zero-order valence-electron chi connectivity index (χ0n) is 19.7. The first-order chi connectivity index (χ1) is 18.0. The fraction of sp³-hybridized carbons (Fsp3) is 0.222. The van der Waals surface area contributed by atoms with Crippen molar-refractivity contribution in [3.63, 3.8) is 0 Å². The number of halogens is 3. The molecule has 0 bridgehead atoms. The summed E-state index contributed by atoms with van der Waals surface area (Å²) in [6, 6.07) is 17.6. The first-order valence-electron chi connectivity index (χ1n) is 11.8. The third-order valence-corrected chi connectivity index (χ3v) is 6.93. The van der Waals surface area contributed by atoms with E-state index < -0.39 is 18.1 Å². The largest absolute Gasteiger partial charge is 0.469 e. The van der Waals surface area contributed by atoms with Crippen LogP contribution in [0.15, 0.2) is 71.5 Å². The molecule has 4 aromatic rings. The molecule has 0 spiro atoms. The summed E-state index contributed by atoms with van der Waals surface area (Å²) in [5.74, 6) is 0.543. The van der Waals surface area contributed by atoms with Gasteiger partial charge in [0.25, 0.3) is 0 Å². The van der Waals surface area contributed by atoms with Crippen molar-refractivity contribution in [1.82, 2.24) is 14.9 Å². The number of benzene rings is 3. The summed E-state index contributed by atoms with van der Waals surface area (Å²) in [7, 11) is 0. The van der Waals surface area contributed by atoms with Gasteiger partial charge in [0.2, 0.25) is 0 Å². The lowest BCUT2D eigenvalue weighted by Gasteiger charge is -2.35. The molecule has 0 aliphatic carbocycles. The van der Waals surface area contributed by atoms with Gasteiger partial charge in [-0.3, -0.25) is 4.90 Å². The van der Waals surface area contributed by atoms with E-state index in [1.807, 2.05) is 42.5 Å². The van der Waals surface area contributed by atoms with Crippen LogP contribution in [0.4, 0.5) is 20.7 Å². The van der Waals surface area contributed by atoms with Gasteiger partial charge in [0.15, 0.2) is 6.23 Å². The number of hydrogen-bond acceptors (Lipinski definition) is 6. The summed E-state index contributed by atoms with van der Waals surface area (Å²) in [6.45, 7) is 0.743. The third-order valence-electron chi connectivity index (χ3n) is 6.02.